The molecule has 29 heavy (non-hydrogen) atoms. The molecule has 1 aliphatic rings. The Kier molecular flexibility index (Phi) is 6.36. The van der Waals surface area contributed by atoms with Crippen molar-refractivity contribution < 1.29 is 18.7 Å². The Bertz CT molecular complexity index is 961. The molecule has 1 amide bonds. The van der Waals surface area contributed by atoms with Crippen LogP contribution in [-0.4, -0.2) is 41.1 Å². The fourth-order valence-electron chi connectivity index (χ4n) is 3.52. The molecule has 3 rings (SSSR count). The SMILES string of the molecule is C[C@H](O)C(=O)N1CCC(N(Cc2cccc(F)c2F)c2ccc(C#N)c(Cl)c2)C1. The Balaban J connectivity index is 1.94. The maximum absolute atomic E-state index is 14.3. The number of hydrogen-bond acceptors (Lipinski definition) is 4. The van der Waals surface area contributed by atoms with Gasteiger partial charge in [-0.3, -0.25) is 4.79 Å². The molecule has 2 atom stereocenters. The Hall–Kier alpha value is -2.69. The number of likely N-dealkylation sites (tertiary alicyclic amines) is 1. The number of anilines is 1. The van der Waals surface area contributed by atoms with Crippen LogP contribution in [0.2, 0.25) is 5.02 Å². The van der Waals surface area contributed by atoms with Crippen molar-refractivity contribution in [1.82, 2.24) is 4.90 Å². The molecule has 1 heterocycles. The van der Waals surface area contributed by atoms with E-state index in [2.05, 4.69) is 0 Å². The lowest BCUT2D eigenvalue weighted by atomic mass is 10.1. The number of hydrogen-bond donors (Lipinski definition) is 1. The molecule has 0 aromatic heterocycles. The van der Waals surface area contributed by atoms with E-state index in [0.29, 0.717) is 30.8 Å². The highest BCUT2D eigenvalue weighted by atomic mass is 35.5. The summed E-state index contributed by atoms with van der Waals surface area (Å²) in [5.74, 6) is -2.23. The van der Waals surface area contributed by atoms with Gasteiger partial charge < -0.3 is 14.9 Å². The van der Waals surface area contributed by atoms with Gasteiger partial charge in [0, 0.05) is 36.9 Å². The van der Waals surface area contributed by atoms with E-state index in [1.807, 2.05) is 11.0 Å². The summed E-state index contributed by atoms with van der Waals surface area (Å²) in [5.41, 5.74) is 1.12. The molecule has 0 spiro atoms. The number of carbonyl (C=O) groups is 1. The van der Waals surface area contributed by atoms with Crippen LogP contribution in [0.25, 0.3) is 0 Å². The van der Waals surface area contributed by atoms with E-state index in [9.17, 15) is 18.7 Å². The summed E-state index contributed by atoms with van der Waals surface area (Å²) in [6, 6.07) is 10.7. The highest BCUT2D eigenvalue weighted by Crippen LogP contribution is 2.30. The molecule has 152 valence electrons. The first-order valence-corrected chi connectivity index (χ1v) is 9.55. The van der Waals surface area contributed by atoms with Crippen LogP contribution < -0.4 is 4.90 Å². The summed E-state index contributed by atoms with van der Waals surface area (Å²) in [4.78, 5) is 15.5. The van der Waals surface area contributed by atoms with E-state index >= 15 is 0 Å². The highest BCUT2D eigenvalue weighted by molar-refractivity contribution is 6.32. The summed E-state index contributed by atoms with van der Waals surface area (Å²) < 4.78 is 28.0. The first kappa shape index (κ1) is 21.0. The predicted molar refractivity (Wildman–Crippen MR) is 105 cm³/mol. The zero-order valence-electron chi connectivity index (χ0n) is 15.8. The van der Waals surface area contributed by atoms with E-state index in [1.54, 1.807) is 23.1 Å². The zero-order valence-corrected chi connectivity index (χ0v) is 16.5. The molecule has 0 aliphatic carbocycles. The number of nitriles is 1. The smallest absolute Gasteiger partial charge is 0.251 e. The lowest BCUT2D eigenvalue weighted by molar-refractivity contribution is -0.138. The van der Waals surface area contributed by atoms with Crippen LogP contribution in [0.3, 0.4) is 0 Å². The van der Waals surface area contributed by atoms with Crippen LogP contribution in [0, 0.1) is 23.0 Å². The number of aliphatic hydroxyl groups is 1. The fraction of sp³-hybridized carbons (Fsp3) is 0.333. The van der Waals surface area contributed by atoms with Crippen molar-refractivity contribution in [2.75, 3.05) is 18.0 Å². The maximum atomic E-state index is 14.3. The minimum absolute atomic E-state index is 0.0627. The topological polar surface area (TPSA) is 67.6 Å². The van der Waals surface area contributed by atoms with Gasteiger partial charge in [0.25, 0.3) is 5.91 Å². The summed E-state index contributed by atoms with van der Waals surface area (Å²) in [7, 11) is 0. The van der Waals surface area contributed by atoms with Crippen molar-refractivity contribution in [1.29, 1.82) is 5.26 Å². The number of nitrogens with zero attached hydrogens (tertiary/aromatic N) is 3. The summed E-state index contributed by atoms with van der Waals surface area (Å²) in [6.07, 6.45) is -0.514. The minimum Gasteiger partial charge on any atom is -0.384 e. The van der Waals surface area contributed by atoms with Gasteiger partial charge in [0.1, 0.15) is 12.2 Å². The average molecular weight is 420 g/mol. The summed E-state index contributed by atoms with van der Waals surface area (Å²) >= 11 is 6.18. The van der Waals surface area contributed by atoms with Crippen LogP contribution in [0.5, 0.6) is 0 Å². The largest absolute Gasteiger partial charge is 0.384 e. The number of amides is 1. The van der Waals surface area contributed by atoms with Crippen molar-refractivity contribution in [3.05, 3.63) is 64.2 Å². The predicted octanol–water partition coefficient (Wildman–Crippen LogP) is 3.48. The fourth-order valence-corrected chi connectivity index (χ4v) is 3.74. The monoisotopic (exact) mass is 419 g/mol. The molecule has 0 saturated carbocycles. The molecule has 1 unspecified atom stereocenters. The van der Waals surface area contributed by atoms with Gasteiger partial charge in [-0.05, 0) is 37.6 Å². The minimum atomic E-state index is -1.10. The number of halogens is 3. The third-order valence-corrected chi connectivity index (χ3v) is 5.36. The second-order valence-electron chi connectivity index (χ2n) is 7.02. The van der Waals surface area contributed by atoms with Gasteiger partial charge in [-0.2, -0.15) is 5.26 Å². The molecule has 5 nitrogen and oxygen atoms in total. The summed E-state index contributed by atoms with van der Waals surface area (Å²) in [6.45, 7) is 2.25. The van der Waals surface area contributed by atoms with Crippen LogP contribution in [0.1, 0.15) is 24.5 Å². The average Bonchev–Trinajstić information content (AvgIpc) is 3.18. The molecule has 1 saturated heterocycles. The second kappa shape index (κ2) is 8.76. The lowest BCUT2D eigenvalue weighted by Gasteiger charge is -2.32. The van der Waals surface area contributed by atoms with Gasteiger partial charge in [0.05, 0.1) is 10.6 Å². The first-order chi connectivity index (χ1) is 13.8. The van der Waals surface area contributed by atoms with Crippen LogP contribution >= 0.6 is 11.6 Å². The highest BCUT2D eigenvalue weighted by Gasteiger charge is 2.32. The van der Waals surface area contributed by atoms with E-state index < -0.39 is 17.7 Å². The molecule has 1 aliphatic heterocycles. The Morgan fingerprint density at radius 3 is 2.83 bits per heavy atom. The van der Waals surface area contributed by atoms with Crippen molar-refractivity contribution in [3.8, 4) is 6.07 Å². The van der Waals surface area contributed by atoms with E-state index in [0.717, 1.165) is 6.07 Å². The molecule has 0 bridgehead atoms. The van der Waals surface area contributed by atoms with Crippen LogP contribution in [0.15, 0.2) is 36.4 Å². The van der Waals surface area contributed by atoms with Gasteiger partial charge in [-0.25, -0.2) is 8.78 Å². The zero-order chi connectivity index (χ0) is 21.1. The standard InChI is InChI=1S/C21H20ClF2N3O2/c1-13(28)21(29)26-8-7-17(12-26)27(11-15-3-2-4-19(23)20(15)24)16-6-5-14(10-25)18(22)9-16/h2-6,9,13,17,28H,7-8,11-12H2,1H3/t13-,17?/m0/s1. The molecule has 2 aromatic carbocycles. The normalized spacial score (nSPS) is 17.1. The molecule has 1 N–H and O–H groups in total. The number of rotatable bonds is 5. The number of benzene rings is 2. The van der Waals surface area contributed by atoms with E-state index in [-0.39, 0.29) is 29.1 Å². The third-order valence-electron chi connectivity index (χ3n) is 5.05. The second-order valence-corrected chi connectivity index (χ2v) is 7.43. The van der Waals surface area contributed by atoms with Gasteiger partial charge in [0.15, 0.2) is 11.6 Å². The molecule has 1 fully saturated rings. The van der Waals surface area contributed by atoms with Crippen molar-refractivity contribution in [2.24, 2.45) is 0 Å². The molecule has 8 heteroatoms. The van der Waals surface area contributed by atoms with Gasteiger partial charge >= 0.3 is 0 Å². The molecule has 2 aromatic rings. The molecular weight excluding hydrogens is 400 g/mol. The van der Waals surface area contributed by atoms with Gasteiger partial charge in [-0.1, -0.05) is 23.7 Å². The third kappa shape index (κ3) is 4.50. The van der Waals surface area contributed by atoms with Gasteiger partial charge in [0.2, 0.25) is 0 Å². The Labute approximate surface area is 172 Å². The Morgan fingerprint density at radius 2 is 2.17 bits per heavy atom. The summed E-state index contributed by atoms with van der Waals surface area (Å²) in [5, 5.41) is 18.9. The van der Waals surface area contributed by atoms with E-state index in [1.165, 1.54) is 19.1 Å². The van der Waals surface area contributed by atoms with Crippen LogP contribution in [0.4, 0.5) is 14.5 Å². The Morgan fingerprint density at radius 1 is 1.41 bits per heavy atom. The maximum Gasteiger partial charge on any atom is 0.251 e. The number of carbonyl (C=O) groups excluding carboxylic acids is 1. The lowest BCUT2D eigenvalue weighted by Crippen LogP contribution is -2.41. The molecule has 0 radical (unpaired) electrons. The quantitative estimate of drug-likeness (QED) is 0.805. The molecular formula is C21H20ClF2N3O2. The van der Waals surface area contributed by atoms with Crippen molar-refractivity contribution in [3.63, 3.8) is 0 Å². The van der Waals surface area contributed by atoms with Gasteiger partial charge in [-0.15, -0.1) is 0 Å². The van der Waals surface area contributed by atoms with Crippen LogP contribution in [-0.2, 0) is 11.3 Å². The van der Waals surface area contributed by atoms with Crippen molar-refractivity contribution in [2.45, 2.75) is 32.0 Å². The van der Waals surface area contributed by atoms with Crippen molar-refractivity contribution >= 4 is 23.2 Å². The first-order valence-electron chi connectivity index (χ1n) is 9.18. The number of aliphatic hydroxyl groups excluding tert-OH is 1. The van der Waals surface area contributed by atoms with E-state index in [4.69, 9.17) is 16.9 Å².